The Labute approximate surface area is 150 Å². The van der Waals surface area contributed by atoms with E-state index in [0.717, 1.165) is 26.7 Å². The number of benzene rings is 2. The van der Waals surface area contributed by atoms with Gasteiger partial charge in [0.15, 0.2) is 11.5 Å². The first-order valence-electron chi connectivity index (χ1n) is 7.58. The molecule has 0 N–H and O–H groups in total. The number of methoxy groups -OCH3 is 1. The van der Waals surface area contributed by atoms with Crippen LogP contribution in [0.15, 0.2) is 48.5 Å². The average molecular weight is 360 g/mol. The van der Waals surface area contributed by atoms with Gasteiger partial charge in [-0.25, -0.2) is 4.98 Å². The summed E-state index contributed by atoms with van der Waals surface area (Å²) in [4.78, 5) is 5.76. The minimum Gasteiger partial charge on any atom is -0.493 e. The fourth-order valence-corrected chi connectivity index (χ4v) is 3.47. The van der Waals surface area contributed by atoms with Crippen molar-refractivity contribution in [3.8, 4) is 22.1 Å². The van der Waals surface area contributed by atoms with E-state index >= 15 is 0 Å². The van der Waals surface area contributed by atoms with Crippen LogP contribution < -0.4 is 9.47 Å². The molecule has 0 aliphatic heterocycles. The molecular formula is C19H18ClNO2S. The van der Waals surface area contributed by atoms with Gasteiger partial charge in [0.25, 0.3) is 0 Å². The number of alkyl halides is 1. The quantitative estimate of drug-likeness (QED) is 0.549. The summed E-state index contributed by atoms with van der Waals surface area (Å²) in [6.45, 7) is 2.47. The van der Waals surface area contributed by atoms with Crippen LogP contribution in [0.5, 0.6) is 11.5 Å². The Hall–Kier alpha value is -2.04. The summed E-state index contributed by atoms with van der Waals surface area (Å²) in [7, 11) is 1.63. The number of thiazole rings is 1. The molecular weight excluding hydrogens is 342 g/mol. The molecule has 0 fully saturated rings. The van der Waals surface area contributed by atoms with Crippen LogP contribution in [0, 0.1) is 6.92 Å². The fourth-order valence-electron chi connectivity index (χ4n) is 2.32. The van der Waals surface area contributed by atoms with Crippen LogP contribution >= 0.6 is 22.9 Å². The molecule has 124 valence electrons. The van der Waals surface area contributed by atoms with E-state index in [1.165, 1.54) is 0 Å². The minimum absolute atomic E-state index is 0.449. The van der Waals surface area contributed by atoms with Gasteiger partial charge in [-0.15, -0.1) is 22.9 Å². The second kappa shape index (κ2) is 7.69. The summed E-state index contributed by atoms with van der Waals surface area (Å²) >= 11 is 7.51. The number of halogens is 1. The predicted octanol–water partition coefficient (Wildman–Crippen LogP) is 5.44. The van der Waals surface area contributed by atoms with Crippen LogP contribution in [0.25, 0.3) is 10.6 Å². The lowest BCUT2D eigenvalue weighted by Crippen LogP contribution is -1.98. The highest BCUT2D eigenvalue weighted by molar-refractivity contribution is 7.15. The SMILES string of the molecule is COc1cc(CCl)ccc1OCc1sc(-c2ccccc2)nc1C. The monoisotopic (exact) mass is 359 g/mol. The van der Waals surface area contributed by atoms with Gasteiger partial charge in [-0.05, 0) is 24.6 Å². The molecule has 3 rings (SSSR count). The largest absolute Gasteiger partial charge is 0.493 e. The van der Waals surface area contributed by atoms with E-state index in [9.17, 15) is 0 Å². The van der Waals surface area contributed by atoms with Gasteiger partial charge in [0.1, 0.15) is 11.6 Å². The normalized spacial score (nSPS) is 10.6. The van der Waals surface area contributed by atoms with E-state index in [0.29, 0.717) is 24.0 Å². The molecule has 0 spiro atoms. The molecule has 0 radical (unpaired) electrons. The van der Waals surface area contributed by atoms with Crippen molar-refractivity contribution in [2.45, 2.75) is 19.4 Å². The summed E-state index contributed by atoms with van der Waals surface area (Å²) in [6.07, 6.45) is 0. The third-order valence-corrected chi connectivity index (χ3v) is 5.14. The first-order valence-corrected chi connectivity index (χ1v) is 8.93. The van der Waals surface area contributed by atoms with E-state index in [2.05, 4.69) is 17.1 Å². The topological polar surface area (TPSA) is 31.4 Å². The summed E-state index contributed by atoms with van der Waals surface area (Å²) in [5, 5.41) is 1.01. The lowest BCUT2D eigenvalue weighted by atomic mass is 10.2. The van der Waals surface area contributed by atoms with E-state index in [1.807, 2.05) is 43.3 Å². The number of ether oxygens (including phenoxy) is 2. The van der Waals surface area contributed by atoms with Gasteiger partial charge >= 0.3 is 0 Å². The third kappa shape index (κ3) is 3.71. The highest BCUT2D eigenvalue weighted by atomic mass is 35.5. The predicted molar refractivity (Wildman–Crippen MR) is 99.2 cm³/mol. The van der Waals surface area contributed by atoms with Gasteiger partial charge in [0.2, 0.25) is 0 Å². The molecule has 0 saturated carbocycles. The Balaban J connectivity index is 1.77. The number of hydrogen-bond donors (Lipinski definition) is 0. The van der Waals surface area contributed by atoms with Gasteiger partial charge in [-0.2, -0.15) is 0 Å². The molecule has 3 nitrogen and oxygen atoms in total. The summed E-state index contributed by atoms with van der Waals surface area (Å²) < 4.78 is 11.3. The molecule has 5 heteroatoms. The van der Waals surface area contributed by atoms with Crippen molar-refractivity contribution in [2.24, 2.45) is 0 Å². The number of aromatic nitrogens is 1. The summed E-state index contributed by atoms with van der Waals surface area (Å²) in [6, 6.07) is 15.9. The molecule has 0 atom stereocenters. The fraction of sp³-hybridized carbons (Fsp3) is 0.211. The van der Waals surface area contributed by atoms with E-state index in [1.54, 1.807) is 18.4 Å². The van der Waals surface area contributed by atoms with Crippen molar-refractivity contribution in [3.05, 3.63) is 64.7 Å². The van der Waals surface area contributed by atoms with Crippen molar-refractivity contribution in [2.75, 3.05) is 7.11 Å². The second-order valence-corrected chi connectivity index (χ2v) is 6.65. The van der Waals surface area contributed by atoms with Gasteiger partial charge in [0, 0.05) is 11.4 Å². The zero-order valence-electron chi connectivity index (χ0n) is 13.6. The van der Waals surface area contributed by atoms with E-state index < -0.39 is 0 Å². The lowest BCUT2D eigenvalue weighted by Gasteiger charge is -2.11. The van der Waals surface area contributed by atoms with Crippen molar-refractivity contribution in [1.82, 2.24) is 4.98 Å². The summed E-state index contributed by atoms with van der Waals surface area (Å²) in [5.41, 5.74) is 3.12. The van der Waals surface area contributed by atoms with Crippen molar-refractivity contribution in [3.63, 3.8) is 0 Å². The molecule has 2 aromatic carbocycles. The Morgan fingerprint density at radius 1 is 1.08 bits per heavy atom. The van der Waals surface area contributed by atoms with Crippen molar-refractivity contribution >= 4 is 22.9 Å². The number of hydrogen-bond acceptors (Lipinski definition) is 4. The Kier molecular flexibility index (Phi) is 5.38. The molecule has 0 aliphatic carbocycles. The molecule has 0 saturated heterocycles. The minimum atomic E-state index is 0.449. The smallest absolute Gasteiger partial charge is 0.161 e. The number of nitrogens with zero attached hydrogens (tertiary/aromatic N) is 1. The van der Waals surface area contributed by atoms with Gasteiger partial charge in [-0.3, -0.25) is 0 Å². The molecule has 0 amide bonds. The number of rotatable bonds is 6. The number of aryl methyl sites for hydroxylation is 1. The Morgan fingerprint density at radius 2 is 1.88 bits per heavy atom. The van der Waals surface area contributed by atoms with Gasteiger partial charge < -0.3 is 9.47 Å². The second-order valence-electron chi connectivity index (χ2n) is 5.30. The highest BCUT2D eigenvalue weighted by Crippen LogP contribution is 2.32. The average Bonchev–Trinajstić information content (AvgIpc) is 3.01. The Bertz CT molecular complexity index is 817. The molecule has 3 aromatic rings. The highest BCUT2D eigenvalue weighted by Gasteiger charge is 2.12. The van der Waals surface area contributed by atoms with Gasteiger partial charge in [-0.1, -0.05) is 36.4 Å². The lowest BCUT2D eigenvalue weighted by molar-refractivity contribution is 0.286. The zero-order valence-corrected chi connectivity index (χ0v) is 15.2. The maximum atomic E-state index is 5.95. The maximum Gasteiger partial charge on any atom is 0.161 e. The van der Waals surface area contributed by atoms with Crippen molar-refractivity contribution < 1.29 is 9.47 Å². The standard InChI is InChI=1S/C19H18ClNO2S/c1-13-18(24-19(21-13)15-6-4-3-5-7-15)12-23-16-9-8-14(11-20)10-17(16)22-2/h3-10H,11-12H2,1-2H3. The molecule has 1 aromatic heterocycles. The molecule has 0 unspecified atom stereocenters. The van der Waals surface area contributed by atoms with Crippen LogP contribution in [-0.2, 0) is 12.5 Å². The molecule has 1 heterocycles. The third-order valence-electron chi connectivity index (χ3n) is 3.65. The van der Waals surface area contributed by atoms with Crippen molar-refractivity contribution in [1.29, 1.82) is 0 Å². The summed E-state index contributed by atoms with van der Waals surface area (Å²) in [5.74, 6) is 1.85. The van der Waals surface area contributed by atoms with Gasteiger partial charge in [0.05, 0.1) is 17.7 Å². The first-order chi connectivity index (χ1) is 11.7. The van der Waals surface area contributed by atoms with Crippen LogP contribution in [0.2, 0.25) is 0 Å². The van der Waals surface area contributed by atoms with Crippen LogP contribution in [0.3, 0.4) is 0 Å². The molecule has 0 aliphatic rings. The Morgan fingerprint density at radius 3 is 2.58 bits per heavy atom. The molecule has 24 heavy (non-hydrogen) atoms. The first kappa shape index (κ1) is 16.8. The zero-order chi connectivity index (χ0) is 16.9. The van der Waals surface area contributed by atoms with Crippen LogP contribution in [0.1, 0.15) is 16.1 Å². The van der Waals surface area contributed by atoms with Crippen LogP contribution in [0.4, 0.5) is 0 Å². The maximum absolute atomic E-state index is 5.95. The van der Waals surface area contributed by atoms with E-state index in [4.69, 9.17) is 21.1 Å². The van der Waals surface area contributed by atoms with E-state index in [-0.39, 0.29) is 0 Å². The molecule has 0 bridgehead atoms. The van der Waals surface area contributed by atoms with Crippen LogP contribution in [-0.4, -0.2) is 12.1 Å².